The normalized spacial score (nSPS) is 11.3. The molecule has 0 fully saturated rings. The van der Waals surface area contributed by atoms with Gasteiger partial charge in [-0.1, -0.05) is 35.3 Å². The maximum Gasteiger partial charge on any atom is 0.188 e. The Bertz CT molecular complexity index is 999. The third-order valence-electron chi connectivity index (χ3n) is 4.41. The molecule has 0 amide bonds. The second kappa shape index (κ2) is 8.40. The third kappa shape index (κ3) is 4.17. The number of carbonyl (C=O) groups is 1. The average molecular weight is 407 g/mol. The highest BCUT2D eigenvalue weighted by Crippen LogP contribution is 2.33. The van der Waals surface area contributed by atoms with Crippen molar-refractivity contribution in [1.29, 1.82) is 0 Å². The first-order chi connectivity index (χ1) is 12.9. The molecule has 0 atom stereocenters. The van der Waals surface area contributed by atoms with Gasteiger partial charge in [-0.2, -0.15) is 0 Å². The monoisotopic (exact) mass is 406 g/mol. The van der Waals surface area contributed by atoms with Gasteiger partial charge in [0.05, 0.1) is 30.1 Å². The fraction of sp³-hybridized carbons (Fsp3) is 0.300. The summed E-state index contributed by atoms with van der Waals surface area (Å²) in [6.45, 7) is 1.80. The molecule has 0 spiro atoms. The topological polar surface area (TPSA) is 64.3 Å². The van der Waals surface area contributed by atoms with E-state index < -0.39 is 0 Å². The molecule has 0 bridgehead atoms. The van der Waals surface area contributed by atoms with Crippen LogP contribution in [-0.2, 0) is 18.2 Å². The zero-order chi connectivity index (χ0) is 19.6. The minimum absolute atomic E-state index is 0.104. The van der Waals surface area contributed by atoms with Crippen molar-refractivity contribution in [3.05, 3.63) is 62.9 Å². The molecule has 0 aliphatic carbocycles. The lowest BCUT2D eigenvalue weighted by Crippen LogP contribution is -2.14. The molecular formula is C20H20Cl2N2O3. The number of aryl methyl sites for hydroxylation is 2. The van der Waals surface area contributed by atoms with Crippen molar-refractivity contribution in [2.45, 2.75) is 13.3 Å². The number of imidazole rings is 1. The van der Waals surface area contributed by atoms with E-state index in [0.29, 0.717) is 33.1 Å². The number of Topliss-reactive ketones (excluding diaryl/α,β-unsaturated/α-hetero) is 1. The molecule has 1 N–H and O–H groups in total. The van der Waals surface area contributed by atoms with Crippen LogP contribution in [0.15, 0.2) is 30.6 Å². The molecule has 2 aromatic carbocycles. The standard InChI is InChI=1S/C20H20Cl2N2O3/c1-12-3-4-13(16(21)7-12)8-15-14(18(26)10-27-6-5-25)9-17-20(19(15)22)23-11-24(17)2/h3-4,7,9,11,25H,5-6,8,10H2,1-2H3. The van der Waals surface area contributed by atoms with E-state index in [9.17, 15) is 4.79 Å². The van der Waals surface area contributed by atoms with Crippen molar-refractivity contribution in [3.63, 3.8) is 0 Å². The molecule has 1 aromatic heterocycles. The number of aliphatic hydroxyl groups is 1. The minimum atomic E-state index is -0.202. The lowest BCUT2D eigenvalue weighted by Gasteiger charge is -2.14. The predicted octanol–water partition coefficient (Wildman–Crippen LogP) is 3.97. The third-order valence-corrected chi connectivity index (χ3v) is 5.17. The zero-order valence-electron chi connectivity index (χ0n) is 15.1. The molecule has 0 radical (unpaired) electrons. The first-order valence-corrected chi connectivity index (χ1v) is 9.27. The highest BCUT2D eigenvalue weighted by Gasteiger charge is 2.21. The molecule has 0 aliphatic heterocycles. The number of ketones is 1. The number of aliphatic hydroxyl groups excluding tert-OH is 1. The number of fused-ring (bicyclic) bond motifs is 1. The molecule has 0 unspecified atom stereocenters. The molecule has 142 valence electrons. The van der Waals surface area contributed by atoms with E-state index in [1.165, 1.54) is 0 Å². The summed E-state index contributed by atoms with van der Waals surface area (Å²) in [5.41, 5.74) is 4.50. The Kier molecular flexibility index (Phi) is 6.17. The summed E-state index contributed by atoms with van der Waals surface area (Å²) in [6, 6.07) is 7.58. The van der Waals surface area contributed by atoms with E-state index in [-0.39, 0.29) is 25.6 Å². The van der Waals surface area contributed by atoms with Crippen molar-refractivity contribution in [2.24, 2.45) is 7.05 Å². The Morgan fingerprint density at radius 3 is 2.78 bits per heavy atom. The number of hydrogen-bond donors (Lipinski definition) is 1. The molecule has 5 nitrogen and oxygen atoms in total. The van der Waals surface area contributed by atoms with Gasteiger partial charge in [-0.15, -0.1) is 0 Å². The molecule has 27 heavy (non-hydrogen) atoms. The number of aromatic nitrogens is 2. The number of ether oxygens (including phenoxy) is 1. The highest BCUT2D eigenvalue weighted by atomic mass is 35.5. The second-order valence-corrected chi connectivity index (χ2v) is 7.20. The Hall–Kier alpha value is -1.92. The molecule has 1 heterocycles. The minimum Gasteiger partial charge on any atom is -0.394 e. The average Bonchev–Trinajstić information content (AvgIpc) is 3.00. The number of hydrogen-bond acceptors (Lipinski definition) is 4. The van der Waals surface area contributed by atoms with Crippen LogP contribution < -0.4 is 0 Å². The van der Waals surface area contributed by atoms with Gasteiger partial charge in [0.1, 0.15) is 12.1 Å². The molecule has 7 heteroatoms. The summed E-state index contributed by atoms with van der Waals surface area (Å²) in [4.78, 5) is 17.1. The van der Waals surface area contributed by atoms with Gasteiger partial charge in [0, 0.05) is 24.1 Å². The van der Waals surface area contributed by atoms with E-state index in [0.717, 1.165) is 16.6 Å². The quantitative estimate of drug-likeness (QED) is 0.476. The number of halogens is 2. The molecule has 0 saturated carbocycles. The van der Waals surface area contributed by atoms with Gasteiger partial charge in [-0.25, -0.2) is 4.98 Å². The fourth-order valence-corrected chi connectivity index (χ4v) is 3.60. The van der Waals surface area contributed by atoms with Gasteiger partial charge in [-0.05, 0) is 35.7 Å². The van der Waals surface area contributed by atoms with Crippen LogP contribution in [0.25, 0.3) is 11.0 Å². The summed E-state index contributed by atoms with van der Waals surface area (Å²) in [5, 5.41) is 9.93. The maximum atomic E-state index is 12.8. The summed E-state index contributed by atoms with van der Waals surface area (Å²) in [6.07, 6.45) is 2.07. The van der Waals surface area contributed by atoms with Crippen LogP contribution in [0.1, 0.15) is 27.0 Å². The Morgan fingerprint density at radius 1 is 1.30 bits per heavy atom. The number of rotatable bonds is 7. The van der Waals surface area contributed by atoms with Crippen LogP contribution in [0.3, 0.4) is 0 Å². The van der Waals surface area contributed by atoms with Crippen LogP contribution in [0.2, 0.25) is 10.0 Å². The smallest absolute Gasteiger partial charge is 0.188 e. The number of benzene rings is 2. The molecule has 0 aliphatic rings. The van der Waals surface area contributed by atoms with E-state index in [1.807, 2.05) is 36.7 Å². The zero-order valence-corrected chi connectivity index (χ0v) is 16.6. The lowest BCUT2D eigenvalue weighted by atomic mass is 9.95. The Morgan fingerprint density at radius 2 is 2.07 bits per heavy atom. The van der Waals surface area contributed by atoms with Gasteiger partial charge in [-0.3, -0.25) is 4.79 Å². The number of carbonyl (C=O) groups excluding carboxylic acids is 1. The van der Waals surface area contributed by atoms with Crippen molar-refractivity contribution in [1.82, 2.24) is 9.55 Å². The molecule has 0 saturated heterocycles. The predicted molar refractivity (Wildman–Crippen MR) is 107 cm³/mol. The summed E-state index contributed by atoms with van der Waals surface area (Å²) in [7, 11) is 1.85. The van der Waals surface area contributed by atoms with Gasteiger partial charge in [0.25, 0.3) is 0 Å². The van der Waals surface area contributed by atoms with Crippen molar-refractivity contribution < 1.29 is 14.6 Å². The van der Waals surface area contributed by atoms with Crippen LogP contribution in [0.5, 0.6) is 0 Å². The Labute approximate surface area is 167 Å². The van der Waals surface area contributed by atoms with Crippen LogP contribution in [0.4, 0.5) is 0 Å². The molecular weight excluding hydrogens is 387 g/mol. The van der Waals surface area contributed by atoms with Crippen molar-refractivity contribution in [2.75, 3.05) is 19.8 Å². The molecule has 3 aromatic rings. The van der Waals surface area contributed by atoms with Crippen LogP contribution in [0, 0.1) is 6.92 Å². The highest BCUT2D eigenvalue weighted by molar-refractivity contribution is 6.36. The first kappa shape index (κ1) is 19.8. The summed E-state index contributed by atoms with van der Waals surface area (Å²) < 4.78 is 7.03. The van der Waals surface area contributed by atoms with Crippen LogP contribution >= 0.6 is 23.2 Å². The van der Waals surface area contributed by atoms with E-state index in [4.69, 9.17) is 33.0 Å². The first-order valence-electron chi connectivity index (χ1n) is 8.51. The van der Waals surface area contributed by atoms with Gasteiger partial charge in [0.15, 0.2) is 5.78 Å². The van der Waals surface area contributed by atoms with Crippen LogP contribution in [-0.4, -0.2) is 40.3 Å². The fourth-order valence-electron chi connectivity index (χ4n) is 2.98. The summed E-state index contributed by atoms with van der Waals surface area (Å²) >= 11 is 13.0. The largest absolute Gasteiger partial charge is 0.394 e. The van der Waals surface area contributed by atoms with Gasteiger partial charge in [0.2, 0.25) is 0 Å². The number of nitrogens with zero attached hydrogens (tertiary/aromatic N) is 2. The van der Waals surface area contributed by atoms with E-state index in [2.05, 4.69) is 4.98 Å². The Balaban J connectivity index is 2.09. The second-order valence-electron chi connectivity index (χ2n) is 6.41. The van der Waals surface area contributed by atoms with E-state index >= 15 is 0 Å². The van der Waals surface area contributed by atoms with Crippen molar-refractivity contribution in [3.8, 4) is 0 Å². The van der Waals surface area contributed by atoms with Crippen molar-refractivity contribution >= 4 is 40.0 Å². The van der Waals surface area contributed by atoms with Gasteiger partial charge >= 0.3 is 0 Å². The van der Waals surface area contributed by atoms with E-state index in [1.54, 1.807) is 12.4 Å². The molecule has 3 rings (SSSR count). The lowest BCUT2D eigenvalue weighted by molar-refractivity contribution is 0.0663. The summed E-state index contributed by atoms with van der Waals surface area (Å²) in [5.74, 6) is -0.202. The SMILES string of the molecule is Cc1ccc(Cc2c(C(=O)COCCO)cc3c(ncn3C)c2Cl)c(Cl)c1. The maximum absolute atomic E-state index is 12.8. The van der Waals surface area contributed by atoms with Gasteiger partial charge < -0.3 is 14.4 Å².